The van der Waals surface area contributed by atoms with Gasteiger partial charge in [-0.2, -0.15) is 0 Å². The molecule has 0 saturated carbocycles. The van der Waals surface area contributed by atoms with Crippen molar-refractivity contribution >= 4 is 5.69 Å². The third kappa shape index (κ3) is 3.43. The highest BCUT2D eigenvalue weighted by atomic mass is 19.2. The first-order valence-electron chi connectivity index (χ1n) is 4.64. The normalized spacial score (nSPS) is 10.4. The Morgan fingerprint density at radius 1 is 1.07 bits per heavy atom. The first-order valence-corrected chi connectivity index (χ1v) is 4.64. The molecule has 1 aromatic carbocycles. The average Bonchev–Trinajstić information content (AvgIpc) is 2.21. The van der Waals surface area contributed by atoms with Gasteiger partial charge in [0.25, 0.3) is 0 Å². The van der Waals surface area contributed by atoms with Crippen molar-refractivity contribution in [2.45, 2.75) is 12.8 Å². The topological polar surface area (TPSA) is 32.3 Å². The number of halogens is 3. The Labute approximate surface area is 85.7 Å². The van der Waals surface area contributed by atoms with E-state index in [-0.39, 0.29) is 12.3 Å². The lowest BCUT2D eigenvalue weighted by Crippen LogP contribution is -2.04. The van der Waals surface area contributed by atoms with Crippen molar-refractivity contribution in [3.05, 3.63) is 29.6 Å². The van der Waals surface area contributed by atoms with Crippen LogP contribution < -0.4 is 5.32 Å². The Morgan fingerprint density at radius 3 is 2.20 bits per heavy atom. The van der Waals surface area contributed by atoms with Crippen molar-refractivity contribution in [3.63, 3.8) is 0 Å². The maximum Gasteiger partial charge on any atom is 0.194 e. The summed E-state index contributed by atoms with van der Waals surface area (Å²) in [6.07, 6.45) is 1.29. The van der Waals surface area contributed by atoms with E-state index in [0.29, 0.717) is 19.4 Å². The molecular weight excluding hydrogens is 207 g/mol. The number of hydrogen-bond acceptors (Lipinski definition) is 2. The fourth-order valence-electron chi connectivity index (χ4n) is 1.13. The second-order valence-corrected chi connectivity index (χ2v) is 3.11. The van der Waals surface area contributed by atoms with Crippen LogP contribution >= 0.6 is 0 Å². The van der Waals surface area contributed by atoms with Crippen LogP contribution in [0.5, 0.6) is 0 Å². The van der Waals surface area contributed by atoms with Crippen LogP contribution in [0.4, 0.5) is 18.9 Å². The SMILES string of the molecule is OCCCCNc1cc(F)c(F)c(F)c1. The van der Waals surface area contributed by atoms with Gasteiger partial charge in [-0.1, -0.05) is 0 Å². The molecule has 2 nitrogen and oxygen atoms in total. The van der Waals surface area contributed by atoms with Gasteiger partial charge in [-0.05, 0) is 12.8 Å². The lowest BCUT2D eigenvalue weighted by atomic mass is 10.2. The van der Waals surface area contributed by atoms with Gasteiger partial charge in [-0.3, -0.25) is 0 Å². The number of rotatable bonds is 5. The molecule has 0 aromatic heterocycles. The fraction of sp³-hybridized carbons (Fsp3) is 0.400. The van der Waals surface area contributed by atoms with Crippen LogP contribution in [-0.2, 0) is 0 Å². The van der Waals surface area contributed by atoms with E-state index in [1.54, 1.807) is 0 Å². The minimum Gasteiger partial charge on any atom is -0.396 e. The van der Waals surface area contributed by atoms with Crippen molar-refractivity contribution in [1.29, 1.82) is 0 Å². The summed E-state index contributed by atoms with van der Waals surface area (Å²) in [6, 6.07) is 1.80. The van der Waals surface area contributed by atoms with Gasteiger partial charge < -0.3 is 10.4 Å². The maximum absolute atomic E-state index is 12.7. The largest absolute Gasteiger partial charge is 0.396 e. The molecule has 1 rings (SSSR count). The van der Waals surface area contributed by atoms with E-state index in [4.69, 9.17) is 5.11 Å². The van der Waals surface area contributed by atoms with Crippen molar-refractivity contribution < 1.29 is 18.3 Å². The molecule has 2 N–H and O–H groups in total. The number of hydrogen-bond donors (Lipinski definition) is 2. The Kier molecular flexibility index (Phi) is 4.42. The summed E-state index contributed by atoms with van der Waals surface area (Å²) in [7, 11) is 0. The van der Waals surface area contributed by atoms with Gasteiger partial charge >= 0.3 is 0 Å². The van der Waals surface area contributed by atoms with Crippen LogP contribution in [0.3, 0.4) is 0 Å². The van der Waals surface area contributed by atoms with E-state index in [1.165, 1.54) is 0 Å². The molecule has 84 valence electrons. The predicted molar refractivity (Wildman–Crippen MR) is 51.1 cm³/mol. The van der Waals surface area contributed by atoms with Gasteiger partial charge in [0.2, 0.25) is 0 Å². The zero-order chi connectivity index (χ0) is 11.3. The summed E-state index contributed by atoms with van der Waals surface area (Å²) >= 11 is 0. The minimum absolute atomic E-state index is 0.0772. The standard InChI is InChI=1S/C10H12F3NO/c11-8-5-7(6-9(12)10(8)13)14-3-1-2-4-15/h5-6,14-15H,1-4H2. The lowest BCUT2D eigenvalue weighted by Gasteiger charge is -2.06. The first kappa shape index (κ1) is 11.8. The third-order valence-electron chi connectivity index (χ3n) is 1.90. The minimum atomic E-state index is -1.46. The van der Waals surface area contributed by atoms with Gasteiger partial charge in [0, 0.05) is 31.0 Å². The first-order chi connectivity index (χ1) is 7.15. The molecule has 0 aliphatic carbocycles. The molecule has 1 aromatic rings. The summed E-state index contributed by atoms with van der Waals surface area (Å²) < 4.78 is 38.0. The zero-order valence-corrected chi connectivity index (χ0v) is 8.06. The number of aliphatic hydroxyl groups excluding tert-OH is 1. The van der Waals surface area contributed by atoms with Crippen molar-refractivity contribution in [2.24, 2.45) is 0 Å². The summed E-state index contributed by atoms with van der Waals surface area (Å²) in [5, 5.41) is 11.2. The second kappa shape index (κ2) is 5.60. The predicted octanol–water partition coefficient (Wildman–Crippen LogP) is 2.29. The van der Waals surface area contributed by atoms with E-state index < -0.39 is 17.5 Å². The van der Waals surface area contributed by atoms with Gasteiger partial charge in [-0.15, -0.1) is 0 Å². The summed E-state index contributed by atoms with van der Waals surface area (Å²) in [6.45, 7) is 0.554. The van der Waals surface area contributed by atoms with E-state index in [0.717, 1.165) is 12.1 Å². The Hall–Kier alpha value is -1.23. The Bertz CT molecular complexity index is 307. The quantitative estimate of drug-likeness (QED) is 0.588. The average molecular weight is 219 g/mol. The highest BCUT2D eigenvalue weighted by Gasteiger charge is 2.09. The number of unbranched alkanes of at least 4 members (excludes halogenated alkanes) is 1. The van der Waals surface area contributed by atoms with Crippen LogP contribution in [0.2, 0.25) is 0 Å². The summed E-state index contributed by atoms with van der Waals surface area (Å²) in [5.41, 5.74) is 0.198. The number of anilines is 1. The molecule has 5 heteroatoms. The Balaban J connectivity index is 2.55. The van der Waals surface area contributed by atoms with E-state index in [1.807, 2.05) is 0 Å². The maximum atomic E-state index is 12.7. The fourth-order valence-corrected chi connectivity index (χ4v) is 1.13. The van der Waals surface area contributed by atoms with Crippen LogP contribution in [0.15, 0.2) is 12.1 Å². The van der Waals surface area contributed by atoms with Crippen molar-refractivity contribution in [2.75, 3.05) is 18.5 Å². The van der Waals surface area contributed by atoms with Crippen LogP contribution in [0, 0.1) is 17.5 Å². The van der Waals surface area contributed by atoms with Crippen molar-refractivity contribution in [3.8, 4) is 0 Å². The molecule has 0 amide bonds. The monoisotopic (exact) mass is 219 g/mol. The number of aliphatic hydroxyl groups is 1. The highest BCUT2D eigenvalue weighted by molar-refractivity contribution is 5.43. The van der Waals surface area contributed by atoms with Crippen LogP contribution in [0.25, 0.3) is 0 Å². The second-order valence-electron chi connectivity index (χ2n) is 3.11. The molecule has 0 radical (unpaired) electrons. The molecule has 0 atom stereocenters. The third-order valence-corrected chi connectivity index (χ3v) is 1.90. The molecule has 0 saturated heterocycles. The molecule has 0 heterocycles. The van der Waals surface area contributed by atoms with Gasteiger partial charge in [-0.25, -0.2) is 13.2 Å². The molecule has 0 bridgehead atoms. The highest BCUT2D eigenvalue weighted by Crippen LogP contribution is 2.17. The van der Waals surface area contributed by atoms with E-state index in [2.05, 4.69) is 5.32 Å². The molecule has 0 aliphatic rings. The lowest BCUT2D eigenvalue weighted by molar-refractivity contribution is 0.286. The Morgan fingerprint density at radius 2 is 1.67 bits per heavy atom. The molecule has 0 spiro atoms. The summed E-state index contributed by atoms with van der Waals surface area (Å²) in [4.78, 5) is 0. The van der Waals surface area contributed by atoms with Crippen molar-refractivity contribution in [1.82, 2.24) is 0 Å². The zero-order valence-electron chi connectivity index (χ0n) is 8.06. The number of nitrogens with one attached hydrogen (secondary N) is 1. The van der Waals surface area contributed by atoms with Crippen LogP contribution in [0.1, 0.15) is 12.8 Å². The van der Waals surface area contributed by atoms with Gasteiger partial charge in [0.05, 0.1) is 0 Å². The van der Waals surface area contributed by atoms with Gasteiger partial charge in [0.15, 0.2) is 17.5 Å². The van der Waals surface area contributed by atoms with E-state index >= 15 is 0 Å². The van der Waals surface area contributed by atoms with Gasteiger partial charge in [0.1, 0.15) is 0 Å². The number of benzene rings is 1. The summed E-state index contributed by atoms with van der Waals surface area (Å²) in [5.74, 6) is -3.88. The smallest absolute Gasteiger partial charge is 0.194 e. The van der Waals surface area contributed by atoms with E-state index in [9.17, 15) is 13.2 Å². The molecule has 0 aliphatic heterocycles. The molecule has 0 unspecified atom stereocenters. The molecular formula is C10H12F3NO. The van der Waals surface area contributed by atoms with Crippen LogP contribution in [-0.4, -0.2) is 18.3 Å². The molecule has 15 heavy (non-hydrogen) atoms. The molecule has 0 fully saturated rings.